The number of para-hydroxylation sites is 1. The number of nitrogens with one attached hydrogen (secondary N) is 2. The van der Waals surface area contributed by atoms with Crippen LogP contribution in [0.5, 0.6) is 5.75 Å². The van der Waals surface area contributed by atoms with Gasteiger partial charge in [-0.25, -0.2) is 0 Å². The Morgan fingerprint density at radius 1 is 0.929 bits per heavy atom. The van der Waals surface area contributed by atoms with E-state index in [-0.39, 0.29) is 11.9 Å². The molecule has 0 unspecified atom stereocenters. The Bertz CT molecular complexity index is 909. The van der Waals surface area contributed by atoms with Crippen LogP contribution in [0.15, 0.2) is 78.9 Å². The van der Waals surface area contributed by atoms with Crippen LogP contribution in [0.3, 0.4) is 0 Å². The van der Waals surface area contributed by atoms with Gasteiger partial charge in [-0.1, -0.05) is 60.7 Å². The second kappa shape index (κ2) is 9.72. The SMILES string of the molecule is CNC(=O)c1cccc(CN[C@H](CCc2ccccc2)c2ccccc2O)c1. The molecule has 28 heavy (non-hydrogen) atoms. The fourth-order valence-electron chi connectivity index (χ4n) is 3.31. The fraction of sp³-hybridized carbons (Fsp3) is 0.208. The van der Waals surface area contributed by atoms with E-state index in [2.05, 4.69) is 22.8 Å². The molecule has 0 aliphatic rings. The van der Waals surface area contributed by atoms with Gasteiger partial charge in [0.25, 0.3) is 5.91 Å². The third-order valence-corrected chi connectivity index (χ3v) is 4.85. The maximum absolute atomic E-state index is 11.9. The Kier molecular flexibility index (Phi) is 6.82. The zero-order chi connectivity index (χ0) is 19.8. The molecule has 4 heteroatoms. The zero-order valence-electron chi connectivity index (χ0n) is 16.1. The van der Waals surface area contributed by atoms with E-state index in [0.29, 0.717) is 17.9 Å². The summed E-state index contributed by atoms with van der Waals surface area (Å²) in [6.45, 7) is 0.610. The first-order valence-electron chi connectivity index (χ1n) is 9.53. The maximum Gasteiger partial charge on any atom is 0.251 e. The molecule has 0 radical (unpaired) electrons. The van der Waals surface area contributed by atoms with Crippen LogP contribution in [0.2, 0.25) is 0 Å². The highest BCUT2D eigenvalue weighted by Gasteiger charge is 2.15. The van der Waals surface area contributed by atoms with Gasteiger partial charge in [0.2, 0.25) is 0 Å². The largest absolute Gasteiger partial charge is 0.508 e. The molecule has 1 amide bonds. The fourth-order valence-corrected chi connectivity index (χ4v) is 3.31. The summed E-state index contributed by atoms with van der Waals surface area (Å²) in [4.78, 5) is 11.9. The minimum Gasteiger partial charge on any atom is -0.508 e. The molecule has 4 nitrogen and oxygen atoms in total. The summed E-state index contributed by atoms with van der Waals surface area (Å²) in [7, 11) is 1.63. The maximum atomic E-state index is 11.9. The van der Waals surface area contributed by atoms with Gasteiger partial charge in [-0.05, 0) is 42.2 Å². The van der Waals surface area contributed by atoms with Gasteiger partial charge in [-0.15, -0.1) is 0 Å². The molecule has 144 valence electrons. The van der Waals surface area contributed by atoms with Gasteiger partial charge in [0.15, 0.2) is 0 Å². The van der Waals surface area contributed by atoms with E-state index < -0.39 is 0 Å². The van der Waals surface area contributed by atoms with E-state index in [9.17, 15) is 9.90 Å². The lowest BCUT2D eigenvalue weighted by Crippen LogP contribution is -2.22. The molecule has 3 aromatic rings. The highest BCUT2D eigenvalue weighted by Crippen LogP contribution is 2.27. The van der Waals surface area contributed by atoms with Gasteiger partial charge in [-0.3, -0.25) is 4.79 Å². The molecule has 0 saturated carbocycles. The van der Waals surface area contributed by atoms with Gasteiger partial charge in [0, 0.05) is 30.8 Å². The molecule has 1 atom stereocenters. The van der Waals surface area contributed by atoms with Crippen molar-refractivity contribution in [2.45, 2.75) is 25.4 Å². The van der Waals surface area contributed by atoms with Gasteiger partial charge in [-0.2, -0.15) is 0 Å². The summed E-state index contributed by atoms with van der Waals surface area (Å²) in [5, 5.41) is 16.5. The molecule has 0 heterocycles. The third kappa shape index (κ3) is 5.21. The molecule has 0 fully saturated rings. The van der Waals surface area contributed by atoms with E-state index in [0.717, 1.165) is 24.0 Å². The first-order valence-corrected chi connectivity index (χ1v) is 9.53. The summed E-state index contributed by atoms with van der Waals surface area (Å²) in [5.74, 6) is 0.204. The molecular weight excluding hydrogens is 348 g/mol. The summed E-state index contributed by atoms with van der Waals surface area (Å²) < 4.78 is 0. The summed E-state index contributed by atoms with van der Waals surface area (Å²) in [6, 6.07) is 25.4. The Morgan fingerprint density at radius 3 is 2.39 bits per heavy atom. The lowest BCUT2D eigenvalue weighted by molar-refractivity contribution is 0.0963. The Balaban J connectivity index is 1.74. The molecule has 3 N–H and O–H groups in total. The van der Waals surface area contributed by atoms with Crippen LogP contribution in [-0.2, 0) is 13.0 Å². The van der Waals surface area contributed by atoms with Crippen molar-refractivity contribution in [1.82, 2.24) is 10.6 Å². The van der Waals surface area contributed by atoms with Crippen LogP contribution >= 0.6 is 0 Å². The molecular formula is C24H26N2O2. The van der Waals surface area contributed by atoms with Gasteiger partial charge in [0.1, 0.15) is 5.75 Å². The molecule has 0 aliphatic heterocycles. The van der Waals surface area contributed by atoms with Gasteiger partial charge in [0.05, 0.1) is 0 Å². The van der Waals surface area contributed by atoms with Crippen LogP contribution in [-0.4, -0.2) is 18.1 Å². The summed E-state index contributed by atoms with van der Waals surface area (Å²) in [6.07, 6.45) is 1.77. The van der Waals surface area contributed by atoms with Gasteiger partial charge >= 0.3 is 0 Å². The van der Waals surface area contributed by atoms with Crippen molar-refractivity contribution in [3.05, 3.63) is 101 Å². The second-order valence-electron chi connectivity index (χ2n) is 6.80. The topological polar surface area (TPSA) is 61.4 Å². The molecule has 0 bridgehead atoms. The van der Waals surface area contributed by atoms with Crippen molar-refractivity contribution in [3.63, 3.8) is 0 Å². The number of phenols is 1. The quantitative estimate of drug-likeness (QED) is 0.553. The van der Waals surface area contributed by atoms with Crippen LogP contribution in [0, 0.1) is 0 Å². The smallest absolute Gasteiger partial charge is 0.251 e. The Hall–Kier alpha value is -3.11. The van der Waals surface area contributed by atoms with E-state index in [1.54, 1.807) is 19.2 Å². The van der Waals surface area contributed by atoms with Crippen molar-refractivity contribution in [2.75, 3.05) is 7.05 Å². The monoisotopic (exact) mass is 374 g/mol. The van der Waals surface area contributed by atoms with Crippen molar-refractivity contribution < 1.29 is 9.90 Å². The molecule has 0 saturated heterocycles. The normalized spacial score (nSPS) is 11.8. The predicted octanol–water partition coefficient (Wildman–Crippen LogP) is 4.22. The number of amides is 1. The number of aromatic hydroxyl groups is 1. The van der Waals surface area contributed by atoms with Crippen molar-refractivity contribution in [3.8, 4) is 5.75 Å². The highest BCUT2D eigenvalue weighted by molar-refractivity contribution is 5.94. The zero-order valence-corrected chi connectivity index (χ0v) is 16.1. The average molecular weight is 374 g/mol. The molecule has 0 aliphatic carbocycles. The minimum absolute atomic E-state index is 0.00469. The third-order valence-electron chi connectivity index (χ3n) is 4.85. The number of rotatable bonds is 8. The lowest BCUT2D eigenvalue weighted by Gasteiger charge is -2.21. The number of carbonyl (C=O) groups excluding carboxylic acids is 1. The molecule has 3 aromatic carbocycles. The van der Waals surface area contributed by atoms with Crippen LogP contribution < -0.4 is 10.6 Å². The number of carbonyl (C=O) groups is 1. The lowest BCUT2D eigenvalue weighted by atomic mass is 9.97. The standard InChI is InChI=1S/C24H26N2O2/c1-25-24(28)20-11-7-10-19(16-20)17-26-22(21-12-5-6-13-23(21)27)15-14-18-8-3-2-4-9-18/h2-13,16,22,26-27H,14-15,17H2,1H3,(H,25,28)/t22-/m1/s1. The first kappa shape index (κ1) is 19.6. The summed E-state index contributed by atoms with van der Waals surface area (Å²) in [5.41, 5.74) is 3.83. The first-order chi connectivity index (χ1) is 13.7. The predicted molar refractivity (Wildman–Crippen MR) is 112 cm³/mol. The van der Waals surface area contributed by atoms with Crippen molar-refractivity contribution in [1.29, 1.82) is 0 Å². The molecule has 0 aromatic heterocycles. The number of phenolic OH excluding ortho intramolecular Hbond substituents is 1. The highest BCUT2D eigenvalue weighted by atomic mass is 16.3. The number of hydrogen-bond acceptors (Lipinski definition) is 3. The van der Waals surface area contributed by atoms with Crippen LogP contribution in [0.1, 0.15) is 39.5 Å². The van der Waals surface area contributed by atoms with E-state index in [4.69, 9.17) is 0 Å². The van der Waals surface area contributed by atoms with Crippen LogP contribution in [0.25, 0.3) is 0 Å². The molecule has 0 spiro atoms. The second-order valence-corrected chi connectivity index (χ2v) is 6.80. The van der Waals surface area contributed by atoms with E-state index >= 15 is 0 Å². The average Bonchev–Trinajstić information content (AvgIpc) is 2.75. The van der Waals surface area contributed by atoms with Crippen LogP contribution in [0.4, 0.5) is 0 Å². The van der Waals surface area contributed by atoms with E-state index in [1.165, 1.54) is 5.56 Å². The minimum atomic E-state index is -0.0943. The number of hydrogen-bond donors (Lipinski definition) is 3. The van der Waals surface area contributed by atoms with Crippen molar-refractivity contribution >= 4 is 5.91 Å². The number of benzene rings is 3. The van der Waals surface area contributed by atoms with Gasteiger partial charge < -0.3 is 15.7 Å². The van der Waals surface area contributed by atoms with E-state index in [1.807, 2.05) is 54.6 Å². The molecule has 3 rings (SSSR count). The van der Waals surface area contributed by atoms with Crippen molar-refractivity contribution in [2.24, 2.45) is 0 Å². The Labute approximate surface area is 166 Å². The number of aryl methyl sites for hydroxylation is 1. The summed E-state index contributed by atoms with van der Waals surface area (Å²) >= 11 is 0. The Morgan fingerprint density at radius 2 is 1.64 bits per heavy atom.